The van der Waals surface area contributed by atoms with Gasteiger partial charge >= 0.3 is 6.18 Å². The monoisotopic (exact) mass is 619 g/mol. The molecule has 0 radical (unpaired) electrons. The third kappa shape index (κ3) is 8.79. The quantitative estimate of drug-likeness (QED) is 0.230. The van der Waals surface area contributed by atoms with Gasteiger partial charge in [-0.25, -0.2) is 13.1 Å². The van der Waals surface area contributed by atoms with E-state index in [0.717, 1.165) is 29.3 Å². The lowest BCUT2D eigenvalue weighted by Crippen LogP contribution is -2.36. The van der Waals surface area contributed by atoms with Crippen molar-refractivity contribution in [3.8, 4) is 5.75 Å². The van der Waals surface area contributed by atoms with Crippen LogP contribution in [0, 0.1) is 5.41 Å². The van der Waals surface area contributed by atoms with E-state index in [0.29, 0.717) is 43.5 Å². The van der Waals surface area contributed by atoms with Crippen LogP contribution in [0.2, 0.25) is 0 Å². The number of hydrogen-bond acceptors (Lipinski definition) is 6. The number of rotatable bonds is 12. The molecule has 1 aliphatic rings. The van der Waals surface area contributed by atoms with Crippen molar-refractivity contribution >= 4 is 15.9 Å². The summed E-state index contributed by atoms with van der Waals surface area (Å²) in [7, 11) is -4.41. The topological polar surface area (TPSA) is 117 Å². The number of fused-ring (bicyclic) bond motifs is 1. The number of hydrogen-bond donors (Lipinski definition) is 4. The third-order valence-corrected chi connectivity index (χ3v) is 8.64. The Balaban J connectivity index is 1.47. The van der Waals surface area contributed by atoms with Gasteiger partial charge in [0.05, 0.1) is 29.1 Å². The fourth-order valence-electron chi connectivity index (χ4n) is 4.74. The molecule has 0 aromatic heterocycles. The Labute approximate surface area is 249 Å². The number of alkyl halides is 3. The lowest BCUT2D eigenvalue weighted by Gasteiger charge is -2.28. The Morgan fingerprint density at radius 3 is 2.49 bits per heavy atom. The van der Waals surface area contributed by atoms with Gasteiger partial charge < -0.3 is 20.5 Å². The van der Waals surface area contributed by atoms with E-state index in [-0.39, 0.29) is 24.5 Å². The summed E-state index contributed by atoms with van der Waals surface area (Å²) in [4.78, 5) is 12.7. The molecule has 3 aromatic carbocycles. The summed E-state index contributed by atoms with van der Waals surface area (Å²) < 4.78 is 74.3. The molecule has 4 N–H and O–H groups in total. The summed E-state index contributed by atoms with van der Waals surface area (Å²) >= 11 is 0. The molecule has 0 aliphatic carbocycles. The fourth-order valence-corrected chi connectivity index (χ4v) is 6.01. The molecule has 0 spiro atoms. The number of carbonyl (C=O) groups is 1. The van der Waals surface area contributed by atoms with Gasteiger partial charge in [0.15, 0.2) is 0 Å². The number of ether oxygens (including phenoxy) is 1. The highest BCUT2D eigenvalue weighted by Gasteiger charge is 2.33. The highest BCUT2D eigenvalue weighted by molar-refractivity contribution is 7.89. The van der Waals surface area contributed by atoms with Gasteiger partial charge in [-0.15, -0.1) is 0 Å². The van der Waals surface area contributed by atoms with E-state index >= 15 is 0 Å². The summed E-state index contributed by atoms with van der Waals surface area (Å²) in [6.07, 6.45) is -4.48. The summed E-state index contributed by atoms with van der Waals surface area (Å²) in [6.45, 7) is 5.55. The lowest BCUT2D eigenvalue weighted by molar-refractivity contribution is -0.137. The van der Waals surface area contributed by atoms with E-state index in [4.69, 9.17) is 4.74 Å². The van der Waals surface area contributed by atoms with Crippen LogP contribution >= 0.6 is 0 Å². The van der Waals surface area contributed by atoms with Gasteiger partial charge in [-0.2, -0.15) is 13.2 Å². The van der Waals surface area contributed by atoms with Gasteiger partial charge in [-0.3, -0.25) is 4.79 Å². The maximum absolute atomic E-state index is 13.3. The first-order chi connectivity index (χ1) is 20.3. The van der Waals surface area contributed by atoms with Crippen molar-refractivity contribution in [3.63, 3.8) is 0 Å². The molecule has 0 unspecified atom stereocenters. The van der Waals surface area contributed by atoms with Gasteiger partial charge in [0.2, 0.25) is 15.9 Å². The molecule has 1 aliphatic heterocycles. The average Bonchev–Trinajstić information content (AvgIpc) is 2.97. The first-order valence-corrected chi connectivity index (χ1v) is 15.4. The van der Waals surface area contributed by atoms with E-state index in [1.54, 1.807) is 30.3 Å². The number of benzene rings is 3. The molecule has 8 nitrogen and oxygen atoms in total. The number of amides is 1. The highest BCUT2D eigenvalue weighted by Crippen LogP contribution is 2.34. The highest BCUT2D eigenvalue weighted by atomic mass is 32.2. The van der Waals surface area contributed by atoms with E-state index in [9.17, 15) is 31.5 Å². The molecular weight excluding hydrogens is 583 g/mol. The number of halogens is 3. The molecule has 3 aromatic rings. The Bertz CT molecular complexity index is 1510. The van der Waals surface area contributed by atoms with Crippen LogP contribution in [-0.2, 0) is 27.5 Å². The van der Waals surface area contributed by atoms with Gasteiger partial charge in [0, 0.05) is 43.5 Å². The van der Waals surface area contributed by atoms with Crippen LogP contribution in [0.5, 0.6) is 5.75 Å². The molecule has 0 bridgehead atoms. The second kappa shape index (κ2) is 13.5. The fraction of sp³-hybridized carbons (Fsp3) is 0.387. The van der Waals surface area contributed by atoms with Gasteiger partial charge in [0.25, 0.3) is 0 Å². The van der Waals surface area contributed by atoms with Crippen molar-refractivity contribution in [1.82, 2.24) is 15.4 Å². The van der Waals surface area contributed by atoms with Crippen LogP contribution in [0.4, 0.5) is 13.2 Å². The van der Waals surface area contributed by atoms with E-state index in [1.807, 2.05) is 32.0 Å². The van der Waals surface area contributed by atoms with Crippen LogP contribution in [-0.4, -0.2) is 39.2 Å². The molecule has 2 atom stereocenters. The van der Waals surface area contributed by atoms with Crippen LogP contribution in [0.15, 0.2) is 77.7 Å². The SMILES string of the molecule is CC(C)(CO)CNCc1ccc2c(c1)OCC[C@H]2NC(=O)C[C@@H](NS(=O)(=O)c1cccc(C(F)(F)F)c1)c1ccccc1. The number of nitrogens with one attached hydrogen (secondary N) is 3. The van der Waals surface area contributed by atoms with Crippen molar-refractivity contribution in [2.45, 2.75) is 56.4 Å². The summed E-state index contributed by atoms with van der Waals surface area (Å²) in [6, 6.07) is 16.2. The van der Waals surface area contributed by atoms with Crippen molar-refractivity contribution in [2.75, 3.05) is 19.8 Å². The predicted molar refractivity (Wildman–Crippen MR) is 156 cm³/mol. The van der Waals surface area contributed by atoms with E-state index in [1.165, 1.54) is 0 Å². The molecule has 43 heavy (non-hydrogen) atoms. The summed E-state index contributed by atoms with van der Waals surface area (Å²) in [5, 5.41) is 15.7. The molecule has 12 heteroatoms. The Kier molecular flexibility index (Phi) is 10.2. The minimum atomic E-state index is -4.71. The standard InChI is InChI=1S/C31H36F3N3O5S/c1-30(2,20-38)19-35-18-21-11-12-25-26(13-14-42-28(25)15-21)36-29(39)17-27(22-7-4-3-5-8-22)37-43(40,41)24-10-6-9-23(16-24)31(32,33)34/h3-12,15-16,26-27,35,37-38H,13-14,17-20H2,1-2H3,(H,36,39)/t26-,27-/m1/s1. The minimum absolute atomic E-state index is 0.0620. The summed E-state index contributed by atoms with van der Waals surface area (Å²) in [5.41, 5.74) is 0.920. The molecule has 1 amide bonds. The molecule has 0 saturated carbocycles. The van der Waals surface area contributed by atoms with Crippen LogP contribution in [0.1, 0.15) is 61.0 Å². The second-order valence-corrected chi connectivity index (χ2v) is 13.1. The van der Waals surface area contributed by atoms with Crippen molar-refractivity contribution in [2.24, 2.45) is 5.41 Å². The second-order valence-electron chi connectivity index (χ2n) is 11.4. The van der Waals surface area contributed by atoms with Gasteiger partial charge in [-0.05, 0) is 35.4 Å². The van der Waals surface area contributed by atoms with Gasteiger partial charge in [-0.1, -0.05) is 62.4 Å². The molecule has 4 rings (SSSR count). The molecule has 1 heterocycles. The Morgan fingerprint density at radius 1 is 1.05 bits per heavy atom. The summed E-state index contributed by atoms with van der Waals surface area (Å²) in [5.74, 6) is 0.206. The van der Waals surface area contributed by atoms with E-state index in [2.05, 4.69) is 15.4 Å². The van der Waals surface area contributed by atoms with Crippen LogP contribution in [0.3, 0.4) is 0 Å². The largest absolute Gasteiger partial charge is 0.493 e. The van der Waals surface area contributed by atoms with Crippen molar-refractivity contribution in [1.29, 1.82) is 0 Å². The van der Waals surface area contributed by atoms with Gasteiger partial charge in [0.1, 0.15) is 5.75 Å². The maximum atomic E-state index is 13.3. The third-order valence-electron chi connectivity index (χ3n) is 7.17. The van der Waals surface area contributed by atoms with E-state index < -0.39 is 38.6 Å². The molecule has 0 fully saturated rings. The number of carbonyl (C=O) groups excluding carboxylic acids is 1. The normalized spacial score (nSPS) is 16.2. The Morgan fingerprint density at radius 2 is 1.79 bits per heavy atom. The maximum Gasteiger partial charge on any atom is 0.416 e. The number of aliphatic hydroxyl groups excluding tert-OH is 1. The zero-order valence-corrected chi connectivity index (χ0v) is 24.8. The Hall–Kier alpha value is -3.45. The molecule has 0 saturated heterocycles. The minimum Gasteiger partial charge on any atom is -0.493 e. The predicted octanol–water partition coefficient (Wildman–Crippen LogP) is 4.86. The smallest absolute Gasteiger partial charge is 0.416 e. The van der Waals surface area contributed by atoms with Crippen LogP contribution < -0.4 is 20.1 Å². The molecular formula is C31H36F3N3O5S. The zero-order chi connectivity index (χ0) is 31.3. The lowest BCUT2D eigenvalue weighted by atomic mass is 9.94. The average molecular weight is 620 g/mol. The first-order valence-electron chi connectivity index (χ1n) is 13.9. The van der Waals surface area contributed by atoms with Crippen LogP contribution in [0.25, 0.3) is 0 Å². The van der Waals surface area contributed by atoms with Crippen molar-refractivity contribution in [3.05, 3.63) is 95.1 Å². The first kappa shape index (κ1) is 32.5. The van der Waals surface area contributed by atoms with Crippen molar-refractivity contribution < 1.29 is 36.2 Å². The zero-order valence-electron chi connectivity index (χ0n) is 23.9. The number of sulfonamides is 1. The molecule has 232 valence electrons. The number of aliphatic hydroxyl groups is 1.